The van der Waals surface area contributed by atoms with Crippen LogP contribution in [0.25, 0.3) is 5.57 Å². The lowest BCUT2D eigenvalue weighted by molar-refractivity contribution is -0.116. The summed E-state index contributed by atoms with van der Waals surface area (Å²) in [6.07, 6.45) is 3.29. The Kier molecular flexibility index (Phi) is 4.71. The van der Waals surface area contributed by atoms with Crippen LogP contribution in [-0.2, 0) is 4.79 Å². The largest absolute Gasteiger partial charge is 0.490 e. The highest BCUT2D eigenvalue weighted by atomic mass is 16.5. The molecule has 0 unspecified atom stereocenters. The Balaban J connectivity index is 2.36. The van der Waals surface area contributed by atoms with Crippen molar-refractivity contribution in [3.8, 4) is 11.5 Å². The Hall–Kier alpha value is -1.77. The van der Waals surface area contributed by atoms with E-state index in [-0.39, 0.29) is 11.2 Å². The molecule has 0 amide bonds. The minimum Gasteiger partial charge on any atom is -0.490 e. The number of ketones is 1. The molecule has 0 fully saturated rings. The molecule has 0 saturated carbocycles. The van der Waals surface area contributed by atoms with E-state index in [0.29, 0.717) is 19.6 Å². The second kappa shape index (κ2) is 6.33. The van der Waals surface area contributed by atoms with Gasteiger partial charge in [-0.1, -0.05) is 19.9 Å². The van der Waals surface area contributed by atoms with Crippen LogP contribution in [0.4, 0.5) is 0 Å². The van der Waals surface area contributed by atoms with Gasteiger partial charge in [-0.2, -0.15) is 0 Å². The van der Waals surface area contributed by atoms with Crippen LogP contribution in [0.15, 0.2) is 24.3 Å². The van der Waals surface area contributed by atoms with E-state index in [0.717, 1.165) is 29.1 Å². The van der Waals surface area contributed by atoms with Crippen LogP contribution in [0.5, 0.6) is 11.5 Å². The summed E-state index contributed by atoms with van der Waals surface area (Å²) < 4.78 is 11.2. The number of ether oxygens (including phenoxy) is 2. The van der Waals surface area contributed by atoms with Crippen LogP contribution in [0, 0.1) is 5.41 Å². The lowest BCUT2D eigenvalue weighted by Gasteiger charge is -2.29. The van der Waals surface area contributed by atoms with Crippen molar-refractivity contribution in [1.29, 1.82) is 0 Å². The summed E-state index contributed by atoms with van der Waals surface area (Å²) in [5.41, 5.74) is 2.15. The van der Waals surface area contributed by atoms with Crippen LogP contribution in [0.2, 0.25) is 0 Å². The van der Waals surface area contributed by atoms with Crippen molar-refractivity contribution in [3.63, 3.8) is 0 Å². The summed E-state index contributed by atoms with van der Waals surface area (Å²) in [4.78, 5) is 11.9. The number of rotatable bonds is 5. The molecule has 21 heavy (non-hydrogen) atoms. The van der Waals surface area contributed by atoms with Crippen LogP contribution < -0.4 is 9.47 Å². The fraction of sp³-hybridized carbons (Fsp3) is 0.500. The normalized spacial score (nSPS) is 17.3. The third-order valence-corrected chi connectivity index (χ3v) is 3.57. The van der Waals surface area contributed by atoms with E-state index in [9.17, 15) is 4.79 Å². The Bertz CT molecular complexity index is 556. The molecule has 0 N–H and O–H groups in total. The summed E-state index contributed by atoms with van der Waals surface area (Å²) in [7, 11) is 0. The average molecular weight is 288 g/mol. The molecule has 1 aliphatic carbocycles. The van der Waals surface area contributed by atoms with Gasteiger partial charge in [-0.25, -0.2) is 0 Å². The Morgan fingerprint density at radius 2 is 1.71 bits per heavy atom. The van der Waals surface area contributed by atoms with Crippen LogP contribution in [0.1, 0.15) is 46.1 Å². The maximum atomic E-state index is 11.9. The van der Waals surface area contributed by atoms with Crippen molar-refractivity contribution in [1.82, 2.24) is 0 Å². The SMILES string of the molecule is CCOc1ccc(C2=CC(=O)CC(C)(C)C2)cc1OCC. The number of hydrogen-bond acceptors (Lipinski definition) is 3. The van der Waals surface area contributed by atoms with Gasteiger partial charge >= 0.3 is 0 Å². The number of carbonyl (C=O) groups is 1. The van der Waals surface area contributed by atoms with E-state index < -0.39 is 0 Å². The first-order valence-electron chi connectivity index (χ1n) is 7.58. The Labute approximate surface area is 127 Å². The zero-order valence-electron chi connectivity index (χ0n) is 13.4. The van der Waals surface area contributed by atoms with Gasteiger partial charge in [0, 0.05) is 6.42 Å². The quantitative estimate of drug-likeness (QED) is 0.812. The molecule has 0 atom stereocenters. The van der Waals surface area contributed by atoms with Gasteiger partial charge in [-0.15, -0.1) is 0 Å². The van der Waals surface area contributed by atoms with E-state index in [2.05, 4.69) is 13.8 Å². The van der Waals surface area contributed by atoms with Crippen molar-refractivity contribution in [2.24, 2.45) is 5.41 Å². The van der Waals surface area contributed by atoms with Gasteiger partial charge in [0.05, 0.1) is 13.2 Å². The summed E-state index contributed by atoms with van der Waals surface area (Å²) in [5.74, 6) is 1.70. The lowest BCUT2D eigenvalue weighted by Crippen LogP contribution is -2.21. The zero-order chi connectivity index (χ0) is 15.5. The van der Waals surface area contributed by atoms with E-state index in [4.69, 9.17) is 9.47 Å². The van der Waals surface area contributed by atoms with Gasteiger partial charge in [0.1, 0.15) is 0 Å². The predicted octanol–water partition coefficient (Wildman–Crippen LogP) is 4.26. The maximum Gasteiger partial charge on any atom is 0.161 e. The topological polar surface area (TPSA) is 35.5 Å². The van der Waals surface area contributed by atoms with Crippen molar-refractivity contribution < 1.29 is 14.3 Å². The molecule has 3 heteroatoms. The van der Waals surface area contributed by atoms with Gasteiger partial charge < -0.3 is 9.47 Å². The predicted molar refractivity (Wildman–Crippen MR) is 84.8 cm³/mol. The van der Waals surface area contributed by atoms with Gasteiger partial charge in [-0.3, -0.25) is 4.79 Å². The number of hydrogen-bond donors (Lipinski definition) is 0. The average Bonchev–Trinajstić information content (AvgIpc) is 2.39. The summed E-state index contributed by atoms with van der Waals surface area (Å²) in [6.45, 7) is 9.37. The molecule has 2 rings (SSSR count). The Morgan fingerprint density at radius 1 is 1.05 bits per heavy atom. The highest BCUT2D eigenvalue weighted by Crippen LogP contribution is 2.40. The Morgan fingerprint density at radius 3 is 2.33 bits per heavy atom. The minimum atomic E-state index is 0.0194. The van der Waals surface area contributed by atoms with E-state index in [1.54, 1.807) is 6.08 Å². The van der Waals surface area contributed by atoms with Crippen molar-refractivity contribution >= 4 is 11.4 Å². The van der Waals surface area contributed by atoms with Crippen molar-refractivity contribution in [2.75, 3.05) is 13.2 Å². The fourth-order valence-corrected chi connectivity index (χ4v) is 2.78. The standard InChI is InChI=1S/C18H24O3/c1-5-20-16-8-7-13(10-17(16)21-6-2)14-9-15(19)12-18(3,4)11-14/h7-10H,5-6,11-12H2,1-4H3. The smallest absolute Gasteiger partial charge is 0.161 e. The highest BCUT2D eigenvalue weighted by Gasteiger charge is 2.28. The monoisotopic (exact) mass is 288 g/mol. The van der Waals surface area contributed by atoms with Crippen molar-refractivity contribution in [3.05, 3.63) is 29.8 Å². The van der Waals surface area contributed by atoms with E-state index >= 15 is 0 Å². The van der Waals surface area contributed by atoms with Gasteiger partial charge in [0.15, 0.2) is 17.3 Å². The molecule has 0 radical (unpaired) electrons. The highest BCUT2D eigenvalue weighted by molar-refractivity contribution is 5.99. The van der Waals surface area contributed by atoms with Gasteiger partial charge in [-0.05, 0) is 55.0 Å². The number of carbonyl (C=O) groups excluding carboxylic acids is 1. The number of allylic oxidation sites excluding steroid dienone is 2. The molecular formula is C18H24O3. The second-order valence-corrected chi connectivity index (χ2v) is 6.18. The summed E-state index contributed by atoms with van der Waals surface area (Å²) in [5, 5.41) is 0. The zero-order valence-corrected chi connectivity index (χ0v) is 13.4. The van der Waals surface area contributed by atoms with Crippen LogP contribution in [0.3, 0.4) is 0 Å². The molecule has 1 aromatic rings. The molecule has 114 valence electrons. The molecule has 0 saturated heterocycles. The molecule has 3 nitrogen and oxygen atoms in total. The molecule has 0 bridgehead atoms. The first-order chi connectivity index (χ1) is 9.95. The van der Waals surface area contributed by atoms with Gasteiger partial charge in [0.25, 0.3) is 0 Å². The minimum absolute atomic E-state index is 0.0194. The molecule has 0 heterocycles. The number of benzene rings is 1. The molecule has 1 aliphatic rings. The summed E-state index contributed by atoms with van der Waals surface area (Å²) >= 11 is 0. The fourth-order valence-electron chi connectivity index (χ4n) is 2.78. The third kappa shape index (κ3) is 3.87. The molecular weight excluding hydrogens is 264 g/mol. The molecule has 0 aromatic heterocycles. The maximum absolute atomic E-state index is 11.9. The van der Waals surface area contributed by atoms with E-state index in [1.807, 2.05) is 32.0 Å². The van der Waals surface area contributed by atoms with Crippen molar-refractivity contribution in [2.45, 2.75) is 40.5 Å². The molecule has 1 aromatic carbocycles. The first-order valence-corrected chi connectivity index (χ1v) is 7.58. The first kappa shape index (κ1) is 15.6. The molecule has 0 aliphatic heterocycles. The van der Waals surface area contributed by atoms with E-state index in [1.165, 1.54) is 0 Å². The second-order valence-electron chi connectivity index (χ2n) is 6.18. The van der Waals surface area contributed by atoms with Crippen LogP contribution >= 0.6 is 0 Å². The summed E-state index contributed by atoms with van der Waals surface area (Å²) in [6, 6.07) is 5.92. The van der Waals surface area contributed by atoms with Gasteiger partial charge in [0.2, 0.25) is 0 Å². The van der Waals surface area contributed by atoms with Crippen LogP contribution in [-0.4, -0.2) is 19.0 Å². The lowest BCUT2D eigenvalue weighted by atomic mass is 9.75. The third-order valence-electron chi connectivity index (χ3n) is 3.57. The molecule has 0 spiro atoms.